The summed E-state index contributed by atoms with van der Waals surface area (Å²) in [7, 11) is 0. The predicted molar refractivity (Wildman–Crippen MR) is 95.5 cm³/mol. The van der Waals surface area contributed by atoms with Crippen LogP contribution in [-0.4, -0.2) is 15.7 Å². The van der Waals surface area contributed by atoms with Crippen LogP contribution in [0.4, 0.5) is 5.00 Å². The van der Waals surface area contributed by atoms with E-state index >= 15 is 0 Å². The molecule has 2 unspecified atom stereocenters. The highest BCUT2D eigenvalue weighted by atomic mass is 35.5. The second-order valence-corrected chi connectivity index (χ2v) is 7.89. The Bertz CT molecular complexity index is 813. The Hall–Kier alpha value is -1.84. The van der Waals surface area contributed by atoms with Gasteiger partial charge in [0.15, 0.2) is 0 Å². The molecule has 0 radical (unpaired) electrons. The molecule has 0 spiro atoms. The van der Waals surface area contributed by atoms with Crippen LogP contribution in [0.15, 0.2) is 6.20 Å². The Morgan fingerprint density at radius 2 is 2.38 bits per heavy atom. The molecule has 1 amide bonds. The minimum Gasteiger partial charge on any atom is -0.315 e. The van der Waals surface area contributed by atoms with Crippen molar-refractivity contribution in [1.82, 2.24) is 9.78 Å². The zero-order valence-electron chi connectivity index (χ0n) is 13.9. The molecule has 5 nitrogen and oxygen atoms in total. The molecule has 2 heterocycles. The molecule has 1 aliphatic carbocycles. The van der Waals surface area contributed by atoms with E-state index in [9.17, 15) is 10.1 Å². The molecular formula is C17H19ClN4OS. The van der Waals surface area contributed by atoms with Gasteiger partial charge in [-0.3, -0.25) is 9.48 Å². The molecule has 2 aromatic rings. The number of aromatic nitrogens is 2. The fourth-order valence-electron chi connectivity index (χ4n) is 2.95. The lowest BCUT2D eigenvalue weighted by atomic mass is 9.88. The van der Waals surface area contributed by atoms with E-state index in [0.29, 0.717) is 27.2 Å². The standard InChI is InChI=1S/C17H19ClN4OS/c1-9-4-5-12-13(7-19)17(24-15(12)6-9)20-16(23)11(3)22-8-14(18)10(2)21-22/h8-9,11H,4-6H2,1-3H3,(H,20,23). The molecule has 24 heavy (non-hydrogen) atoms. The minimum absolute atomic E-state index is 0.197. The number of carbonyl (C=O) groups excluding carboxylic acids is 1. The second kappa shape index (κ2) is 6.58. The molecule has 0 saturated carbocycles. The van der Waals surface area contributed by atoms with Gasteiger partial charge in [0, 0.05) is 11.1 Å². The van der Waals surface area contributed by atoms with E-state index < -0.39 is 6.04 Å². The number of fused-ring (bicyclic) bond motifs is 1. The van der Waals surface area contributed by atoms with Gasteiger partial charge in [-0.1, -0.05) is 18.5 Å². The average molecular weight is 363 g/mol. The smallest absolute Gasteiger partial charge is 0.249 e. The molecule has 3 rings (SSSR count). The summed E-state index contributed by atoms with van der Waals surface area (Å²) >= 11 is 7.54. The lowest BCUT2D eigenvalue weighted by molar-refractivity contribution is -0.119. The number of aryl methyl sites for hydroxylation is 1. The molecular weight excluding hydrogens is 344 g/mol. The zero-order chi connectivity index (χ0) is 17.4. The minimum atomic E-state index is -0.499. The van der Waals surface area contributed by atoms with E-state index in [4.69, 9.17) is 11.6 Å². The van der Waals surface area contributed by atoms with Crippen LogP contribution in [0, 0.1) is 24.2 Å². The fourth-order valence-corrected chi connectivity index (χ4v) is 4.45. The molecule has 2 atom stereocenters. The lowest BCUT2D eigenvalue weighted by Gasteiger charge is -2.17. The number of nitrogens with zero attached hydrogens (tertiary/aromatic N) is 3. The predicted octanol–water partition coefficient (Wildman–Crippen LogP) is 4.10. The first-order valence-corrected chi connectivity index (χ1v) is 9.17. The summed E-state index contributed by atoms with van der Waals surface area (Å²) in [6.45, 7) is 5.78. The van der Waals surface area contributed by atoms with Crippen molar-refractivity contribution in [2.24, 2.45) is 5.92 Å². The average Bonchev–Trinajstić information content (AvgIpc) is 3.05. The summed E-state index contributed by atoms with van der Waals surface area (Å²) in [5, 5.41) is 17.9. The first kappa shape index (κ1) is 17.0. The highest BCUT2D eigenvalue weighted by Crippen LogP contribution is 2.39. The van der Waals surface area contributed by atoms with Crippen LogP contribution in [-0.2, 0) is 17.6 Å². The van der Waals surface area contributed by atoms with Gasteiger partial charge in [-0.05, 0) is 44.6 Å². The molecule has 0 saturated heterocycles. The van der Waals surface area contributed by atoms with Crippen LogP contribution in [0.3, 0.4) is 0 Å². The third-order valence-electron chi connectivity index (χ3n) is 4.49. The van der Waals surface area contributed by atoms with Crippen LogP contribution in [0.5, 0.6) is 0 Å². The van der Waals surface area contributed by atoms with Gasteiger partial charge in [-0.15, -0.1) is 11.3 Å². The van der Waals surface area contributed by atoms with E-state index in [2.05, 4.69) is 23.4 Å². The lowest BCUT2D eigenvalue weighted by Crippen LogP contribution is -2.24. The van der Waals surface area contributed by atoms with Crippen LogP contribution >= 0.6 is 22.9 Å². The van der Waals surface area contributed by atoms with Gasteiger partial charge in [0.2, 0.25) is 5.91 Å². The number of nitriles is 1. The summed E-state index contributed by atoms with van der Waals surface area (Å²) in [5.74, 6) is 0.427. The van der Waals surface area contributed by atoms with E-state index in [1.165, 1.54) is 16.2 Å². The number of hydrogen-bond acceptors (Lipinski definition) is 4. The summed E-state index contributed by atoms with van der Waals surface area (Å²) in [5.41, 5.74) is 2.42. The number of carbonyl (C=O) groups is 1. The van der Waals surface area contributed by atoms with Crippen LogP contribution in [0.25, 0.3) is 0 Å². The number of anilines is 1. The van der Waals surface area contributed by atoms with E-state index in [1.54, 1.807) is 24.7 Å². The van der Waals surface area contributed by atoms with Gasteiger partial charge in [0.05, 0.1) is 16.3 Å². The van der Waals surface area contributed by atoms with E-state index in [-0.39, 0.29) is 5.91 Å². The van der Waals surface area contributed by atoms with Crippen molar-refractivity contribution >= 4 is 33.8 Å². The van der Waals surface area contributed by atoms with Crippen LogP contribution in [0.1, 0.15) is 48.0 Å². The van der Waals surface area contributed by atoms with Gasteiger partial charge < -0.3 is 5.32 Å². The number of nitrogens with one attached hydrogen (secondary N) is 1. The molecule has 2 aromatic heterocycles. The van der Waals surface area contributed by atoms with Crippen LogP contribution in [0.2, 0.25) is 5.02 Å². The maximum Gasteiger partial charge on any atom is 0.249 e. The molecule has 1 N–H and O–H groups in total. The number of hydrogen-bond donors (Lipinski definition) is 1. The maximum absolute atomic E-state index is 12.6. The second-order valence-electron chi connectivity index (χ2n) is 6.38. The maximum atomic E-state index is 12.6. The fraction of sp³-hybridized carbons (Fsp3) is 0.471. The van der Waals surface area contributed by atoms with Crippen molar-refractivity contribution in [3.63, 3.8) is 0 Å². The third-order valence-corrected chi connectivity index (χ3v) is 6.03. The topological polar surface area (TPSA) is 70.7 Å². The third kappa shape index (κ3) is 3.06. The SMILES string of the molecule is Cc1nn(C(C)C(=O)Nc2sc3c(c2C#N)CCC(C)C3)cc1Cl. The van der Waals surface area contributed by atoms with Gasteiger partial charge >= 0.3 is 0 Å². The molecule has 0 aromatic carbocycles. The number of halogens is 1. The van der Waals surface area contributed by atoms with Crippen LogP contribution < -0.4 is 5.32 Å². The molecule has 0 aliphatic heterocycles. The molecule has 0 fully saturated rings. The quantitative estimate of drug-likeness (QED) is 0.893. The highest BCUT2D eigenvalue weighted by Gasteiger charge is 2.26. The van der Waals surface area contributed by atoms with Crippen molar-refractivity contribution in [3.05, 3.63) is 32.9 Å². The van der Waals surface area contributed by atoms with Gasteiger partial charge in [-0.2, -0.15) is 10.4 Å². The van der Waals surface area contributed by atoms with Gasteiger partial charge in [-0.25, -0.2) is 0 Å². The Morgan fingerprint density at radius 1 is 1.62 bits per heavy atom. The molecule has 1 aliphatic rings. The summed E-state index contributed by atoms with van der Waals surface area (Å²) < 4.78 is 1.55. The monoisotopic (exact) mass is 362 g/mol. The highest BCUT2D eigenvalue weighted by molar-refractivity contribution is 7.16. The largest absolute Gasteiger partial charge is 0.315 e. The van der Waals surface area contributed by atoms with E-state index in [0.717, 1.165) is 24.8 Å². The van der Waals surface area contributed by atoms with Crippen molar-refractivity contribution in [2.45, 2.75) is 46.1 Å². The van der Waals surface area contributed by atoms with Gasteiger partial charge in [0.1, 0.15) is 17.1 Å². The number of rotatable bonds is 3. The first-order valence-electron chi connectivity index (χ1n) is 7.97. The zero-order valence-corrected chi connectivity index (χ0v) is 15.5. The summed E-state index contributed by atoms with van der Waals surface area (Å²) in [6.07, 6.45) is 4.63. The summed E-state index contributed by atoms with van der Waals surface area (Å²) in [4.78, 5) is 13.8. The van der Waals surface area contributed by atoms with Crippen molar-refractivity contribution in [2.75, 3.05) is 5.32 Å². The van der Waals surface area contributed by atoms with Crippen molar-refractivity contribution in [3.8, 4) is 6.07 Å². The van der Waals surface area contributed by atoms with E-state index in [1.807, 2.05) is 0 Å². The Kier molecular flexibility index (Phi) is 4.66. The Labute approximate surface area is 150 Å². The van der Waals surface area contributed by atoms with Crippen molar-refractivity contribution < 1.29 is 4.79 Å². The Morgan fingerprint density at radius 3 is 3.00 bits per heavy atom. The molecule has 0 bridgehead atoms. The number of thiophene rings is 1. The molecule has 7 heteroatoms. The normalized spacial score (nSPS) is 17.9. The first-order chi connectivity index (χ1) is 11.4. The summed E-state index contributed by atoms with van der Waals surface area (Å²) in [6, 6.07) is 1.77. The number of amides is 1. The Balaban J connectivity index is 1.83. The molecule has 126 valence electrons. The van der Waals surface area contributed by atoms with Crippen molar-refractivity contribution in [1.29, 1.82) is 5.26 Å². The van der Waals surface area contributed by atoms with Gasteiger partial charge in [0.25, 0.3) is 0 Å².